The highest BCUT2D eigenvalue weighted by Gasteiger charge is 2.18. The standard InChI is InChI=1S/C13H19BrClN/c1-4-13(3,5-2)16-9-10-6-7-11(15)8-12(10)14/h6-8,16H,4-5,9H2,1-3H3. The zero-order chi connectivity index (χ0) is 12.2. The van der Waals surface area contributed by atoms with Gasteiger partial charge in [-0.2, -0.15) is 0 Å². The first-order chi connectivity index (χ1) is 7.50. The molecule has 0 radical (unpaired) electrons. The van der Waals surface area contributed by atoms with E-state index in [4.69, 9.17) is 11.6 Å². The first kappa shape index (κ1) is 14.0. The van der Waals surface area contributed by atoms with Crippen LogP contribution < -0.4 is 5.32 Å². The van der Waals surface area contributed by atoms with Crippen molar-refractivity contribution in [3.8, 4) is 0 Å². The third-order valence-corrected chi connectivity index (χ3v) is 4.25. The van der Waals surface area contributed by atoms with Crippen LogP contribution >= 0.6 is 27.5 Å². The van der Waals surface area contributed by atoms with Gasteiger partial charge in [-0.1, -0.05) is 47.4 Å². The minimum Gasteiger partial charge on any atom is -0.307 e. The van der Waals surface area contributed by atoms with Crippen LogP contribution in [0.15, 0.2) is 22.7 Å². The fourth-order valence-corrected chi connectivity index (χ4v) is 2.30. The van der Waals surface area contributed by atoms with Crippen LogP contribution in [-0.2, 0) is 6.54 Å². The molecule has 0 aliphatic carbocycles. The highest BCUT2D eigenvalue weighted by molar-refractivity contribution is 9.10. The molecule has 0 fully saturated rings. The van der Waals surface area contributed by atoms with E-state index >= 15 is 0 Å². The Bertz CT molecular complexity index is 348. The quantitative estimate of drug-likeness (QED) is 0.826. The van der Waals surface area contributed by atoms with Crippen LogP contribution in [0, 0.1) is 0 Å². The Balaban J connectivity index is 2.67. The molecule has 0 aliphatic rings. The average Bonchev–Trinajstić information content (AvgIpc) is 2.27. The zero-order valence-corrected chi connectivity index (χ0v) is 12.5. The van der Waals surface area contributed by atoms with Gasteiger partial charge in [0.1, 0.15) is 0 Å². The third kappa shape index (κ3) is 3.76. The van der Waals surface area contributed by atoms with Gasteiger partial charge in [-0.05, 0) is 37.5 Å². The van der Waals surface area contributed by atoms with Gasteiger partial charge in [-0.25, -0.2) is 0 Å². The maximum atomic E-state index is 5.91. The highest BCUT2D eigenvalue weighted by atomic mass is 79.9. The molecule has 0 bridgehead atoms. The summed E-state index contributed by atoms with van der Waals surface area (Å²) in [5, 5.41) is 4.37. The Labute approximate surface area is 112 Å². The van der Waals surface area contributed by atoms with Gasteiger partial charge in [0.05, 0.1) is 0 Å². The van der Waals surface area contributed by atoms with Crippen molar-refractivity contribution in [2.75, 3.05) is 0 Å². The van der Waals surface area contributed by atoms with E-state index < -0.39 is 0 Å². The summed E-state index contributed by atoms with van der Waals surface area (Å²) in [7, 11) is 0. The van der Waals surface area contributed by atoms with E-state index in [1.165, 1.54) is 5.56 Å². The summed E-state index contributed by atoms with van der Waals surface area (Å²) < 4.78 is 1.07. The summed E-state index contributed by atoms with van der Waals surface area (Å²) in [6.45, 7) is 7.56. The lowest BCUT2D eigenvalue weighted by Gasteiger charge is -2.28. The number of hydrogen-bond acceptors (Lipinski definition) is 1. The molecule has 0 spiro atoms. The van der Waals surface area contributed by atoms with Crippen molar-refractivity contribution in [1.29, 1.82) is 0 Å². The number of nitrogens with one attached hydrogen (secondary N) is 1. The molecule has 3 heteroatoms. The smallest absolute Gasteiger partial charge is 0.0417 e. The molecular weight excluding hydrogens is 286 g/mol. The first-order valence-electron chi connectivity index (χ1n) is 5.69. The Hall–Kier alpha value is -0.0500. The molecule has 0 aromatic heterocycles. The van der Waals surface area contributed by atoms with E-state index in [1.807, 2.05) is 12.1 Å². The molecule has 0 saturated heterocycles. The molecule has 0 atom stereocenters. The van der Waals surface area contributed by atoms with Gasteiger partial charge < -0.3 is 5.32 Å². The van der Waals surface area contributed by atoms with Crippen molar-refractivity contribution in [1.82, 2.24) is 5.32 Å². The van der Waals surface area contributed by atoms with Crippen LogP contribution in [0.2, 0.25) is 5.02 Å². The van der Waals surface area contributed by atoms with Gasteiger partial charge in [-0.15, -0.1) is 0 Å². The fourth-order valence-electron chi connectivity index (χ4n) is 1.47. The van der Waals surface area contributed by atoms with Gasteiger partial charge in [0.15, 0.2) is 0 Å². The van der Waals surface area contributed by atoms with E-state index in [-0.39, 0.29) is 5.54 Å². The van der Waals surface area contributed by atoms with Crippen molar-refractivity contribution >= 4 is 27.5 Å². The number of benzene rings is 1. The van der Waals surface area contributed by atoms with Crippen LogP contribution in [0.1, 0.15) is 39.2 Å². The van der Waals surface area contributed by atoms with Gasteiger partial charge >= 0.3 is 0 Å². The monoisotopic (exact) mass is 303 g/mol. The molecule has 1 rings (SSSR count). The predicted octanol–water partition coefficient (Wildman–Crippen LogP) is 4.77. The van der Waals surface area contributed by atoms with E-state index in [0.29, 0.717) is 0 Å². The Morgan fingerprint density at radius 3 is 2.44 bits per heavy atom. The van der Waals surface area contributed by atoms with Gasteiger partial charge in [0.2, 0.25) is 0 Å². The molecule has 0 saturated carbocycles. The molecule has 0 amide bonds. The van der Waals surface area contributed by atoms with Crippen LogP contribution in [0.3, 0.4) is 0 Å². The van der Waals surface area contributed by atoms with E-state index in [9.17, 15) is 0 Å². The normalized spacial score (nSPS) is 11.8. The van der Waals surface area contributed by atoms with E-state index in [1.54, 1.807) is 0 Å². The average molecular weight is 305 g/mol. The second-order valence-corrected chi connectivity index (χ2v) is 5.65. The Morgan fingerprint density at radius 2 is 1.94 bits per heavy atom. The molecule has 1 nitrogen and oxygen atoms in total. The zero-order valence-electron chi connectivity index (χ0n) is 10.1. The van der Waals surface area contributed by atoms with Crippen LogP contribution in [0.5, 0.6) is 0 Å². The number of hydrogen-bond donors (Lipinski definition) is 1. The van der Waals surface area contributed by atoms with Gasteiger partial charge in [0.25, 0.3) is 0 Å². The molecular formula is C13H19BrClN. The van der Waals surface area contributed by atoms with Gasteiger partial charge in [-0.3, -0.25) is 0 Å². The van der Waals surface area contributed by atoms with Crippen molar-refractivity contribution in [2.24, 2.45) is 0 Å². The van der Waals surface area contributed by atoms with Crippen molar-refractivity contribution in [2.45, 2.75) is 45.7 Å². The van der Waals surface area contributed by atoms with Crippen molar-refractivity contribution in [3.05, 3.63) is 33.3 Å². The molecule has 1 N–H and O–H groups in total. The first-order valence-corrected chi connectivity index (χ1v) is 6.87. The maximum Gasteiger partial charge on any atom is 0.0417 e. The fraction of sp³-hybridized carbons (Fsp3) is 0.538. The Kier molecular flexibility index (Phi) is 5.29. The van der Waals surface area contributed by atoms with Gasteiger partial charge in [0, 0.05) is 21.6 Å². The summed E-state index contributed by atoms with van der Waals surface area (Å²) in [6, 6.07) is 5.93. The summed E-state index contributed by atoms with van der Waals surface area (Å²) in [4.78, 5) is 0. The number of rotatable bonds is 5. The van der Waals surface area contributed by atoms with Crippen LogP contribution in [0.4, 0.5) is 0 Å². The van der Waals surface area contributed by atoms with Crippen molar-refractivity contribution in [3.63, 3.8) is 0 Å². The summed E-state index contributed by atoms with van der Waals surface area (Å²) in [6.07, 6.45) is 2.27. The molecule has 90 valence electrons. The third-order valence-electron chi connectivity index (χ3n) is 3.28. The lowest BCUT2D eigenvalue weighted by molar-refractivity contribution is 0.329. The minimum absolute atomic E-state index is 0.221. The SMILES string of the molecule is CCC(C)(CC)NCc1ccc(Cl)cc1Br. The highest BCUT2D eigenvalue weighted by Crippen LogP contribution is 2.23. The predicted molar refractivity (Wildman–Crippen MR) is 75.0 cm³/mol. The molecule has 16 heavy (non-hydrogen) atoms. The van der Waals surface area contributed by atoms with E-state index in [2.05, 4.69) is 48.1 Å². The molecule has 0 unspecified atom stereocenters. The summed E-state index contributed by atoms with van der Waals surface area (Å²) in [5.74, 6) is 0. The molecule has 1 aromatic carbocycles. The van der Waals surface area contributed by atoms with Crippen LogP contribution in [0.25, 0.3) is 0 Å². The second-order valence-electron chi connectivity index (χ2n) is 4.36. The molecule has 0 heterocycles. The summed E-state index contributed by atoms with van der Waals surface area (Å²) in [5.41, 5.74) is 1.47. The number of halogens is 2. The topological polar surface area (TPSA) is 12.0 Å². The molecule has 1 aromatic rings. The van der Waals surface area contributed by atoms with E-state index in [0.717, 1.165) is 28.9 Å². The second kappa shape index (κ2) is 6.04. The maximum absolute atomic E-state index is 5.91. The van der Waals surface area contributed by atoms with Crippen molar-refractivity contribution < 1.29 is 0 Å². The van der Waals surface area contributed by atoms with Crippen LogP contribution in [-0.4, -0.2) is 5.54 Å². The largest absolute Gasteiger partial charge is 0.307 e. The minimum atomic E-state index is 0.221. The lowest BCUT2D eigenvalue weighted by atomic mass is 9.95. The summed E-state index contributed by atoms with van der Waals surface area (Å²) >= 11 is 9.45. The lowest BCUT2D eigenvalue weighted by Crippen LogP contribution is -2.40. The molecule has 0 aliphatic heterocycles. The Morgan fingerprint density at radius 1 is 1.31 bits per heavy atom.